The number of halogens is 3. The highest BCUT2D eigenvalue weighted by atomic mass is 19.4. The third-order valence-corrected chi connectivity index (χ3v) is 4.04. The maximum absolute atomic E-state index is 12.7. The second kappa shape index (κ2) is 7.30. The van der Waals surface area contributed by atoms with Crippen molar-refractivity contribution < 1.29 is 37.3 Å². The van der Waals surface area contributed by atoms with Gasteiger partial charge in [0.15, 0.2) is 23.1 Å². The van der Waals surface area contributed by atoms with E-state index in [1.807, 2.05) is 0 Å². The van der Waals surface area contributed by atoms with Crippen LogP contribution in [-0.2, 0) is 6.18 Å². The first kappa shape index (κ1) is 18.8. The Kier molecular flexibility index (Phi) is 5.07. The molecule has 0 atom stereocenters. The van der Waals surface area contributed by atoms with E-state index in [-0.39, 0.29) is 54.4 Å². The standard InChI is InChI=1S/C19H15F3O5/c20-19(21,22)13-3-1-2-11(8-13)14(23)4-5-15(24)12-9-16(25)18-17(10-12)26-6-7-27-18/h1-3,8-10,25H,4-7H2. The minimum atomic E-state index is -4.55. The summed E-state index contributed by atoms with van der Waals surface area (Å²) in [6.07, 6.45) is -5.02. The third kappa shape index (κ3) is 4.21. The van der Waals surface area contributed by atoms with Crippen LogP contribution in [-0.4, -0.2) is 29.9 Å². The SMILES string of the molecule is O=C(CCC(=O)c1cc(O)c2c(c1)OCCO2)c1cccc(C(F)(F)F)c1. The van der Waals surface area contributed by atoms with Crippen LogP contribution in [0.25, 0.3) is 0 Å². The lowest BCUT2D eigenvalue weighted by Crippen LogP contribution is -2.16. The molecule has 0 bridgehead atoms. The molecule has 0 radical (unpaired) electrons. The van der Waals surface area contributed by atoms with Gasteiger partial charge in [0.25, 0.3) is 0 Å². The van der Waals surface area contributed by atoms with E-state index in [1.165, 1.54) is 18.2 Å². The molecule has 1 aliphatic heterocycles. The van der Waals surface area contributed by atoms with Gasteiger partial charge in [0, 0.05) is 24.0 Å². The second-order valence-corrected chi connectivity index (χ2v) is 5.94. The van der Waals surface area contributed by atoms with Crippen LogP contribution in [0.1, 0.15) is 39.1 Å². The average molecular weight is 380 g/mol. The molecule has 0 saturated heterocycles. The molecule has 1 N–H and O–H groups in total. The molecule has 1 heterocycles. The molecule has 3 rings (SSSR count). The topological polar surface area (TPSA) is 72.8 Å². The number of Topliss-reactive ketones (excluding diaryl/α,β-unsaturated/α-hetero) is 2. The van der Waals surface area contributed by atoms with Crippen LogP contribution >= 0.6 is 0 Å². The van der Waals surface area contributed by atoms with Crippen molar-refractivity contribution in [3.8, 4) is 17.2 Å². The monoisotopic (exact) mass is 380 g/mol. The molecule has 27 heavy (non-hydrogen) atoms. The fourth-order valence-corrected chi connectivity index (χ4v) is 2.68. The smallest absolute Gasteiger partial charge is 0.416 e. The Morgan fingerprint density at radius 1 is 0.963 bits per heavy atom. The van der Waals surface area contributed by atoms with Gasteiger partial charge in [-0.25, -0.2) is 0 Å². The van der Waals surface area contributed by atoms with Gasteiger partial charge in [0.05, 0.1) is 5.56 Å². The van der Waals surface area contributed by atoms with Crippen LogP contribution in [0.3, 0.4) is 0 Å². The number of alkyl halides is 3. The minimum absolute atomic E-state index is 0.109. The predicted octanol–water partition coefficient (Wildman–Crippen LogP) is 4.03. The summed E-state index contributed by atoms with van der Waals surface area (Å²) in [4.78, 5) is 24.5. The van der Waals surface area contributed by atoms with E-state index in [4.69, 9.17) is 9.47 Å². The van der Waals surface area contributed by atoms with Crippen LogP contribution in [0.4, 0.5) is 13.2 Å². The Morgan fingerprint density at radius 3 is 2.33 bits per heavy atom. The summed E-state index contributed by atoms with van der Waals surface area (Å²) < 4.78 is 48.8. The van der Waals surface area contributed by atoms with Gasteiger partial charge in [0.2, 0.25) is 5.75 Å². The highest BCUT2D eigenvalue weighted by Crippen LogP contribution is 2.40. The molecule has 0 saturated carbocycles. The largest absolute Gasteiger partial charge is 0.504 e. The van der Waals surface area contributed by atoms with Gasteiger partial charge in [-0.2, -0.15) is 13.2 Å². The average Bonchev–Trinajstić information content (AvgIpc) is 2.65. The molecule has 2 aromatic carbocycles. The molecule has 142 valence electrons. The highest BCUT2D eigenvalue weighted by molar-refractivity contribution is 6.02. The maximum Gasteiger partial charge on any atom is 0.416 e. The number of aromatic hydroxyl groups is 1. The van der Waals surface area contributed by atoms with E-state index in [0.717, 1.165) is 18.2 Å². The van der Waals surface area contributed by atoms with Crippen LogP contribution in [0.5, 0.6) is 17.2 Å². The molecule has 2 aromatic rings. The van der Waals surface area contributed by atoms with E-state index < -0.39 is 23.3 Å². The van der Waals surface area contributed by atoms with Crippen LogP contribution in [0.2, 0.25) is 0 Å². The van der Waals surface area contributed by atoms with Gasteiger partial charge in [-0.1, -0.05) is 12.1 Å². The van der Waals surface area contributed by atoms with Crippen molar-refractivity contribution in [3.63, 3.8) is 0 Å². The van der Waals surface area contributed by atoms with Crippen LogP contribution in [0.15, 0.2) is 36.4 Å². The summed E-state index contributed by atoms with van der Waals surface area (Å²) in [5.74, 6) is -0.884. The molecule has 1 aliphatic rings. The zero-order valence-corrected chi connectivity index (χ0v) is 14.0. The number of hydrogen-bond donors (Lipinski definition) is 1. The third-order valence-electron chi connectivity index (χ3n) is 4.04. The number of ether oxygens (including phenoxy) is 2. The van der Waals surface area contributed by atoms with Gasteiger partial charge < -0.3 is 14.6 Å². The number of carbonyl (C=O) groups excluding carboxylic acids is 2. The lowest BCUT2D eigenvalue weighted by molar-refractivity contribution is -0.137. The Labute approximate surface area is 152 Å². The predicted molar refractivity (Wildman–Crippen MR) is 88.4 cm³/mol. The number of hydrogen-bond acceptors (Lipinski definition) is 5. The lowest BCUT2D eigenvalue weighted by atomic mass is 9.99. The first-order valence-corrected chi connectivity index (χ1v) is 8.12. The molecule has 5 nitrogen and oxygen atoms in total. The van der Waals surface area contributed by atoms with Crippen molar-refractivity contribution in [1.82, 2.24) is 0 Å². The Bertz CT molecular complexity index is 889. The number of benzene rings is 2. The highest BCUT2D eigenvalue weighted by Gasteiger charge is 2.31. The van der Waals surface area contributed by atoms with E-state index in [2.05, 4.69) is 0 Å². The van der Waals surface area contributed by atoms with Gasteiger partial charge >= 0.3 is 6.18 Å². The molecule has 0 fully saturated rings. The first-order valence-electron chi connectivity index (χ1n) is 8.12. The molecular weight excluding hydrogens is 365 g/mol. The normalized spacial score (nSPS) is 13.3. The summed E-state index contributed by atoms with van der Waals surface area (Å²) >= 11 is 0. The van der Waals surface area contributed by atoms with Crippen molar-refractivity contribution in [2.45, 2.75) is 19.0 Å². The summed E-state index contributed by atoms with van der Waals surface area (Å²) in [5.41, 5.74) is -0.896. The number of ketones is 2. The number of rotatable bonds is 5. The molecule has 8 heteroatoms. The van der Waals surface area contributed by atoms with Crippen molar-refractivity contribution >= 4 is 11.6 Å². The quantitative estimate of drug-likeness (QED) is 0.793. The van der Waals surface area contributed by atoms with Crippen molar-refractivity contribution in [2.75, 3.05) is 13.2 Å². The Balaban J connectivity index is 1.69. The zero-order chi connectivity index (χ0) is 19.6. The van der Waals surface area contributed by atoms with E-state index in [9.17, 15) is 27.9 Å². The minimum Gasteiger partial charge on any atom is -0.504 e. The van der Waals surface area contributed by atoms with Crippen molar-refractivity contribution in [1.29, 1.82) is 0 Å². The number of phenols is 1. The second-order valence-electron chi connectivity index (χ2n) is 5.94. The summed E-state index contributed by atoms with van der Waals surface area (Å²) in [5, 5.41) is 9.92. The van der Waals surface area contributed by atoms with Crippen molar-refractivity contribution in [2.24, 2.45) is 0 Å². The summed E-state index contributed by atoms with van der Waals surface area (Å²) in [7, 11) is 0. The van der Waals surface area contributed by atoms with Gasteiger partial charge in [-0.05, 0) is 24.3 Å². The lowest BCUT2D eigenvalue weighted by Gasteiger charge is -2.19. The number of fused-ring (bicyclic) bond motifs is 1. The number of phenolic OH excluding ortho intramolecular Hbond substituents is 1. The Hall–Kier alpha value is -3.03. The molecular formula is C19H15F3O5. The first-order chi connectivity index (χ1) is 12.8. The summed E-state index contributed by atoms with van der Waals surface area (Å²) in [6.45, 7) is 0.553. The fraction of sp³-hybridized carbons (Fsp3) is 0.263. The maximum atomic E-state index is 12.7. The summed E-state index contributed by atoms with van der Waals surface area (Å²) in [6, 6.07) is 6.69. The fourth-order valence-electron chi connectivity index (χ4n) is 2.68. The Morgan fingerprint density at radius 2 is 1.63 bits per heavy atom. The van der Waals surface area contributed by atoms with Crippen LogP contribution < -0.4 is 9.47 Å². The molecule has 0 aromatic heterocycles. The number of carbonyl (C=O) groups is 2. The van der Waals surface area contributed by atoms with Gasteiger partial charge in [-0.15, -0.1) is 0 Å². The van der Waals surface area contributed by atoms with Crippen LogP contribution in [0, 0.1) is 0 Å². The van der Waals surface area contributed by atoms with Crippen molar-refractivity contribution in [3.05, 3.63) is 53.1 Å². The van der Waals surface area contributed by atoms with E-state index >= 15 is 0 Å². The van der Waals surface area contributed by atoms with E-state index in [1.54, 1.807) is 0 Å². The molecule has 0 aliphatic carbocycles. The van der Waals surface area contributed by atoms with Gasteiger partial charge in [0.1, 0.15) is 13.2 Å². The molecule has 0 amide bonds. The molecule has 0 unspecified atom stereocenters. The van der Waals surface area contributed by atoms with Gasteiger partial charge in [-0.3, -0.25) is 9.59 Å². The zero-order valence-electron chi connectivity index (χ0n) is 14.0. The molecule has 0 spiro atoms. The van der Waals surface area contributed by atoms with E-state index in [0.29, 0.717) is 0 Å².